The first-order valence-corrected chi connectivity index (χ1v) is 8.69. The Labute approximate surface area is 153 Å². The Hall–Kier alpha value is -2.50. The number of rotatable bonds is 3. The number of amides is 1. The standard InChI is InChI=1S/C20H28N2O4/c1-19(2,3)15(21-18(25)26-20(4,5)6)12-22-16(23)11-13-9-7-8-10-14(13)17(22)24/h7-11,15,24H,12H2,1-6H3,(H,21,25)/t15-/m0/s1. The van der Waals surface area contributed by atoms with Crippen LogP contribution in [-0.2, 0) is 11.3 Å². The van der Waals surface area contributed by atoms with Crippen molar-refractivity contribution in [1.82, 2.24) is 9.88 Å². The van der Waals surface area contributed by atoms with Crippen molar-refractivity contribution in [2.24, 2.45) is 5.41 Å². The molecule has 2 rings (SSSR count). The van der Waals surface area contributed by atoms with E-state index >= 15 is 0 Å². The van der Waals surface area contributed by atoms with Gasteiger partial charge >= 0.3 is 6.09 Å². The molecule has 0 unspecified atom stereocenters. The van der Waals surface area contributed by atoms with Gasteiger partial charge in [-0.3, -0.25) is 9.36 Å². The van der Waals surface area contributed by atoms with E-state index in [0.29, 0.717) is 10.8 Å². The van der Waals surface area contributed by atoms with Gasteiger partial charge in [0.1, 0.15) is 5.60 Å². The Kier molecular flexibility index (Phi) is 5.35. The van der Waals surface area contributed by atoms with Crippen LogP contribution in [0.15, 0.2) is 35.1 Å². The van der Waals surface area contributed by atoms with Crippen LogP contribution in [0.1, 0.15) is 41.5 Å². The third-order valence-corrected chi connectivity index (χ3v) is 4.10. The Morgan fingerprint density at radius 3 is 2.38 bits per heavy atom. The van der Waals surface area contributed by atoms with Crippen LogP contribution in [0.2, 0.25) is 0 Å². The summed E-state index contributed by atoms with van der Waals surface area (Å²) in [6.07, 6.45) is -0.550. The molecule has 6 heteroatoms. The highest BCUT2D eigenvalue weighted by Crippen LogP contribution is 2.26. The van der Waals surface area contributed by atoms with Crippen molar-refractivity contribution in [3.05, 3.63) is 40.7 Å². The number of ether oxygens (including phenoxy) is 1. The van der Waals surface area contributed by atoms with Gasteiger partial charge in [-0.25, -0.2) is 4.79 Å². The lowest BCUT2D eigenvalue weighted by Crippen LogP contribution is -2.49. The molecular weight excluding hydrogens is 332 g/mol. The number of nitrogens with zero attached hydrogens (tertiary/aromatic N) is 1. The van der Waals surface area contributed by atoms with Crippen molar-refractivity contribution in [3.63, 3.8) is 0 Å². The summed E-state index contributed by atoms with van der Waals surface area (Å²) in [6.45, 7) is 11.4. The summed E-state index contributed by atoms with van der Waals surface area (Å²) in [6, 6.07) is 8.23. The topological polar surface area (TPSA) is 80.6 Å². The predicted octanol–water partition coefficient (Wildman–Crippen LogP) is 3.65. The number of pyridine rings is 1. The fourth-order valence-electron chi connectivity index (χ4n) is 2.63. The Morgan fingerprint density at radius 1 is 1.19 bits per heavy atom. The fraction of sp³-hybridized carbons (Fsp3) is 0.500. The molecule has 0 bridgehead atoms. The zero-order chi connectivity index (χ0) is 19.7. The summed E-state index contributed by atoms with van der Waals surface area (Å²) in [4.78, 5) is 24.7. The lowest BCUT2D eigenvalue weighted by molar-refractivity contribution is 0.0452. The van der Waals surface area contributed by atoms with Gasteiger partial charge in [0, 0.05) is 11.5 Å². The second-order valence-corrected chi connectivity index (χ2v) is 8.57. The van der Waals surface area contributed by atoms with Crippen LogP contribution in [0.3, 0.4) is 0 Å². The molecule has 0 aliphatic carbocycles. The molecule has 2 aromatic rings. The number of hydrogen-bond donors (Lipinski definition) is 2. The SMILES string of the molecule is CC(C)(C)OC(=O)N[C@@H](Cn1c(O)c2ccccc2cc1=O)C(C)(C)C. The second kappa shape index (κ2) is 7.02. The molecule has 1 amide bonds. The fourth-order valence-corrected chi connectivity index (χ4v) is 2.63. The highest BCUT2D eigenvalue weighted by Gasteiger charge is 2.30. The molecule has 0 radical (unpaired) electrons. The largest absolute Gasteiger partial charge is 0.494 e. The molecule has 0 aliphatic rings. The van der Waals surface area contributed by atoms with Gasteiger partial charge in [0.05, 0.1) is 12.6 Å². The van der Waals surface area contributed by atoms with Gasteiger partial charge in [-0.15, -0.1) is 0 Å². The van der Waals surface area contributed by atoms with E-state index < -0.39 is 17.7 Å². The Balaban J connectivity index is 2.36. The van der Waals surface area contributed by atoms with E-state index in [0.717, 1.165) is 0 Å². The van der Waals surface area contributed by atoms with E-state index in [2.05, 4.69) is 5.32 Å². The normalized spacial score (nSPS) is 13.5. The van der Waals surface area contributed by atoms with Crippen molar-refractivity contribution in [2.75, 3.05) is 0 Å². The van der Waals surface area contributed by atoms with Crippen LogP contribution < -0.4 is 10.9 Å². The minimum atomic E-state index is -0.617. The minimum Gasteiger partial charge on any atom is -0.494 e. The molecule has 142 valence electrons. The number of alkyl carbamates (subject to hydrolysis) is 1. The van der Waals surface area contributed by atoms with Crippen molar-refractivity contribution >= 4 is 16.9 Å². The smallest absolute Gasteiger partial charge is 0.407 e. The van der Waals surface area contributed by atoms with E-state index in [1.165, 1.54) is 10.6 Å². The number of fused-ring (bicyclic) bond motifs is 1. The predicted molar refractivity (Wildman–Crippen MR) is 102 cm³/mol. The van der Waals surface area contributed by atoms with E-state index in [1.807, 2.05) is 26.8 Å². The summed E-state index contributed by atoms with van der Waals surface area (Å²) >= 11 is 0. The summed E-state index contributed by atoms with van der Waals surface area (Å²) < 4.78 is 6.62. The molecule has 1 atom stereocenters. The van der Waals surface area contributed by atoms with Crippen molar-refractivity contribution in [2.45, 2.75) is 59.7 Å². The number of carbonyl (C=O) groups is 1. The molecule has 2 N–H and O–H groups in total. The van der Waals surface area contributed by atoms with Crippen LogP contribution in [0, 0.1) is 5.41 Å². The molecular formula is C20H28N2O4. The molecule has 0 spiro atoms. The van der Waals surface area contributed by atoms with Crippen LogP contribution in [0.4, 0.5) is 4.79 Å². The molecule has 0 saturated carbocycles. The highest BCUT2D eigenvalue weighted by atomic mass is 16.6. The van der Waals surface area contributed by atoms with E-state index in [1.54, 1.807) is 39.0 Å². The lowest BCUT2D eigenvalue weighted by Gasteiger charge is -2.33. The Bertz CT molecular complexity index is 857. The van der Waals surface area contributed by atoms with Gasteiger partial charge in [0.15, 0.2) is 0 Å². The highest BCUT2D eigenvalue weighted by molar-refractivity contribution is 5.86. The number of benzene rings is 1. The van der Waals surface area contributed by atoms with Crippen LogP contribution in [0.25, 0.3) is 10.8 Å². The average Bonchev–Trinajstić information content (AvgIpc) is 2.47. The van der Waals surface area contributed by atoms with Crippen molar-refractivity contribution in [1.29, 1.82) is 0 Å². The molecule has 1 aromatic carbocycles. The number of nitrogens with one attached hydrogen (secondary N) is 1. The third kappa shape index (κ3) is 4.77. The van der Waals surface area contributed by atoms with E-state index in [4.69, 9.17) is 4.74 Å². The molecule has 1 heterocycles. The lowest BCUT2D eigenvalue weighted by atomic mass is 9.86. The van der Waals surface area contributed by atoms with Gasteiger partial charge in [-0.05, 0) is 37.6 Å². The molecule has 1 aromatic heterocycles. The van der Waals surface area contributed by atoms with Crippen molar-refractivity contribution < 1.29 is 14.6 Å². The molecule has 0 aliphatic heterocycles. The maximum absolute atomic E-state index is 12.5. The summed E-state index contributed by atoms with van der Waals surface area (Å²) in [5, 5.41) is 14.7. The van der Waals surface area contributed by atoms with E-state index in [-0.39, 0.29) is 23.4 Å². The van der Waals surface area contributed by atoms with Crippen LogP contribution in [0.5, 0.6) is 5.88 Å². The van der Waals surface area contributed by atoms with Gasteiger partial charge in [0.2, 0.25) is 5.88 Å². The average molecular weight is 360 g/mol. The summed E-state index contributed by atoms with van der Waals surface area (Å²) in [5.74, 6) is -0.103. The van der Waals surface area contributed by atoms with Gasteiger partial charge in [-0.1, -0.05) is 39.0 Å². The molecule has 0 fully saturated rings. The maximum Gasteiger partial charge on any atom is 0.407 e. The van der Waals surface area contributed by atoms with Crippen LogP contribution >= 0.6 is 0 Å². The van der Waals surface area contributed by atoms with Gasteiger partial charge in [0.25, 0.3) is 5.56 Å². The quantitative estimate of drug-likeness (QED) is 0.875. The maximum atomic E-state index is 12.5. The first kappa shape index (κ1) is 19.8. The Morgan fingerprint density at radius 2 is 1.81 bits per heavy atom. The number of hydrogen-bond acceptors (Lipinski definition) is 4. The third-order valence-electron chi connectivity index (χ3n) is 4.10. The number of aromatic hydroxyl groups is 1. The monoisotopic (exact) mass is 360 g/mol. The van der Waals surface area contributed by atoms with Crippen molar-refractivity contribution in [3.8, 4) is 5.88 Å². The molecule has 0 saturated heterocycles. The number of aromatic nitrogens is 1. The number of carbonyl (C=O) groups excluding carboxylic acids is 1. The van der Waals surface area contributed by atoms with Crippen LogP contribution in [-0.4, -0.2) is 27.4 Å². The first-order chi connectivity index (χ1) is 11.9. The second-order valence-electron chi connectivity index (χ2n) is 8.57. The van der Waals surface area contributed by atoms with Gasteiger partial charge < -0.3 is 15.2 Å². The van der Waals surface area contributed by atoms with Gasteiger partial charge in [-0.2, -0.15) is 0 Å². The zero-order valence-electron chi connectivity index (χ0n) is 16.3. The first-order valence-electron chi connectivity index (χ1n) is 8.69. The molecule has 26 heavy (non-hydrogen) atoms. The summed E-state index contributed by atoms with van der Waals surface area (Å²) in [7, 11) is 0. The van der Waals surface area contributed by atoms with E-state index in [9.17, 15) is 14.7 Å². The minimum absolute atomic E-state index is 0.103. The zero-order valence-corrected chi connectivity index (χ0v) is 16.3. The summed E-state index contributed by atoms with van der Waals surface area (Å²) in [5.41, 5.74) is -1.29. The molecule has 6 nitrogen and oxygen atoms in total.